The molecule has 134 valence electrons. The number of esters is 1. The van der Waals surface area contributed by atoms with Gasteiger partial charge >= 0.3 is 5.97 Å². The molecule has 2 aromatic rings. The maximum Gasteiger partial charge on any atom is 0.311 e. The predicted octanol–water partition coefficient (Wildman–Crippen LogP) is 1.27. The van der Waals surface area contributed by atoms with Gasteiger partial charge in [-0.2, -0.15) is 10.1 Å². The summed E-state index contributed by atoms with van der Waals surface area (Å²) in [5.41, 5.74) is 2.24. The van der Waals surface area contributed by atoms with Crippen LogP contribution in [0.2, 0.25) is 0 Å². The highest BCUT2D eigenvalue weighted by Gasteiger charge is 2.24. The summed E-state index contributed by atoms with van der Waals surface area (Å²) >= 11 is 0. The van der Waals surface area contributed by atoms with E-state index in [2.05, 4.69) is 20.4 Å². The third-order valence-electron chi connectivity index (χ3n) is 4.69. The van der Waals surface area contributed by atoms with Crippen LogP contribution in [0.4, 0.5) is 0 Å². The zero-order chi connectivity index (χ0) is 18.0. The van der Waals surface area contributed by atoms with Gasteiger partial charge in [-0.25, -0.2) is 9.50 Å². The van der Waals surface area contributed by atoms with Crippen molar-refractivity contribution >= 4 is 17.7 Å². The molecular weight excluding hydrogens is 322 g/mol. The summed E-state index contributed by atoms with van der Waals surface area (Å²) in [6, 6.07) is 0.206. The highest BCUT2D eigenvalue weighted by Crippen LogP contribution is 2.18. The number of ether oxygens (including phenoxy) is 1. The van der Waals surface area contributed by atoms with Crippen molar-refractivity contribution in [1.82, 2.24) is 24.9 Å². The van der Waals surface area contributed by atoms with Crippen molar-refractivity contribution in [2.24, 2.45) is 0 Å². The normalized spacial score (nSPS) is 16.1. The molecular formula is C17H23N5O3. The number of aryl methyl sites for hydroxylation is 2. The standard InChI is InChI=1S/C17H23N5O3/c1-10-14(11(2)22-17(20-10)18-9-19-22)8-15(23)25-12(3)16(24)21-13-6-4-5-7-13/h9,12-13H,4-8H2,1-3H3,(H,21,24)/t12-/m0/s1. The molecule has 8 heteroatoms. The summed E-state index contributed by atoms with van der Waals surface area (Å²) in [6.45, 7) is 5.27. The van der Waals surface area contributed by atoms with Crippen LogP contribution < -0.4 is 5.32 Å². The van der Waals surface area contributed by atoms with Crippen molar-refractivity contribution in [1.29, 1.82) is 0 Å². The first-order valence-corrected chi connectivity index (χ1v) is 8.61. The van der Waals surface area contributed by atoms with Gasteiger partial charge in [0, 0.05) is 23.0 Å². The molecule has 0 radical (unpaired) electrons. The Labute approximate surface area is 146 Å². The minimum absolute atomic E-state index is 0.0432. The second-order valence-electron chi connectivity index (χ2n) is 6.53. The van der Waals surface area contributed by atoms with E-state index in [4.69, 9.17) is 4.74 Å². The van der Waals surface area contributed by atoms with E-state index in [1.54, 1.807) is 11.4 Å². The van der Waals surface area contributed by atoms with E-state index in [1.807, 2.05) is 13.8 Å². The van der Waals surface area contributed by atoms with Crippen LogP contribution in [-0.2, 0) is 20.7 Å². The lowest BCUT2D eigenvalue weighted by Crippen LogP contribution is -2.41. The molecule has 1 saturated carbocycles. The molecule has 1 aliphatic rings. The lowest BCUT2D eigenvalue weighted by atomic mass is 10.1. The molecule has 3 rings (SSSR count). The predicted molar refractivity (Wildman–Crippen MR) is 89.9 cm³/mol. The molecule has 0 saturated heterocycles. The molecule has 1 N–H and O–H groups in total. The molecule has 0 spiro atoms. The van der Waals surface area contributed by atoms with Crippen molar-refractivity contribution in [3.63, 3.8) is 0 Å². The number of hydrogen-bond donors (Lipinski definition) is 1. The molecule has 8 nitrogen and oxygen atoms in total. The van der Waals surface area contributed by atoms with E-state index in [9.17, 15) is 9.59 Å². The Hall–Kier alpha value is -2.51. The maximum atomic E-state index is 12.3. The molecule has 2 aromatic heterocycles. The van der Waals surface area contributed by atoms with Gasteiger partial charge in [0.2, 0.25) is 0 Å². The lowest BCUT2D eigenvalue weighted by molar-refractivity contribution is -0.154. The van der Waals surface area contributed by atoms with Gasteiger partial charge in [-0.05, 0) is 33.6 Å². The van der Waals surface area contributed by atoms with Crippen molar-refractivity contribution in [2.75, 3.05) is 0 Å². The summed E-state index contributed by atoms with van der Waals surface area (Å²) in [4.78, 5) is 32.8. The van der Waals surface area contributed by atoms with Gasteiger partial charge in [-0.3, -0.25) is 9.59 Å². The molecule has 0 unspecified atom stereocenters. The summed E-state index contributed by atoms with van der Waals surface area (Å²) in [6.07, 6.45) is 4.92. The fourth-order valence-corrected chi connectivity index (χ4v) is 3.24. The molecule has 0 bridgehead atoms. The average Bonchev–Trinajstić information content (AvgIpc) is 3.22. The van der Waals surface area contributed by atoms with Gasteiger partial charge < -0.3 is 10.1 Å². The molecule has 1 fully saturated rings. The Bertz CT molecular complexity index is 795. The van der Waals surface area contributed by atoms with Gasteiger partial charge in [0.05, 0.1) is 6.42 Å². The van der Waals surface area contributed by atoms with Crippen molar-refractivity contribution < 1.29 is 14.3 Å². The van der Waals surface area contributed by atoms with Crippen LogP contribution in [0.25, 0.3) is 5.78 Å². The second-order valence-corrected chi connectivity index (χ2v) is 6.53. The Morgan fingerprint density at radius 1 is 1.36 bits per heavy atom. The first kappa shape index (κ1) is 17.3. The average molecular weight is 345 g/mol. The summed E-state index contributed by atoms with van der Waals surface area (Å²) in [7, 11) is 0. The van der Waals surface area contributed by atoms with Gasteiger partial charge in [-0.15, -0.1) is 0 Å². The zero-order valence-electron chi connectivity index (χ0n) is 14.8. The van der Waals surface area contributed by atoms with Gasteiger partial charge in [0.25, 0.3) is 11.7 Å². The van der Waals surface area contributed by atoms with Crippen LogP contribution in [0.15, 0.2) is 6.33 Å². The number of aromatic nitrogens is 4. The van der Waals surface area contributed by atoms with Crippen LogP contribution in [0.5, 0.6) is 0 Å². The molecule has 25 heavy (non-hydrogen) atoms. The SMILES string of the molecule is Cc1nc2ncnn2c(C)c1CC(=O)O[C@@H](C)C(=O)NC1CCCC1. The highest BCUT2D eigenvalue weighted by atomic mass is 16.5. The van der Waals surface area contributed by atoms with E-state index in [1.165, 1.54) is 6.33 Å². The Morgan fingerprint density at radius 2 is 2.08 bits per heavy atom. The third kappa shape index (κ3) is 3.78. The van der Waals surface area contributed by atoms with Crippen LogP contribution in [0.1, 0.15) is 49.6 Å². The van der Waals surface area contributed by atoms with Crippen LogP contribution in [0, 0.1) is 13.8 Å². The highest BCUT2D eigenvalue weighted by molar-refractivity contribution is 5.84. The first-order valence-electron chi connectivity index (χ1n) is 8.61. The van der Waals surface area contributed by atoms with Gasteiger partial charge in [-0.1, -0.05) is 12.8 Å². The summed E-state index contributed by atoms with van der Waals surface area (Å²) in [5.74, 6) is -0.198. The summed E-state index contributed by atoms with van der Waals surface area (Å²) in [5, 5.41) is 7.04. The lowest BCUT2D eigenvalue weighted by Gasteiger charge is -2.17. The fraction of sp³-hybridized carbons (Fsp3) is 0.588. The number of fused-ring (bicyclic) bond motifs is 1. The molecule has 2 heterocycles. The third-order valence-corrected chi connectivity index (χ3v) is 4.69. The van der Waals surface area contributed by atoms with E-state index >= 15 is 0 Å². The zero-order valence-corrected chi connectivity index (χ0v) is 14.8. The van der Waals surface area contributed by atoms with Crippen molar-refractivity contribution in [2.45, 2.75) is 65.0 Å². The Kier molecular flexibility index (Phi) is 4.96. The number of nitrogens with zero attached hydrogens (tertiary/aromatic N) is 4. The maximum absolute atomic E-state index is 12.3. The molecule has 1 atom stereocenters. The van der Waals surface area contributed by atoms with E-state index < -0.39 is 12.1 Å². The van der Waals surface area contributed by atoms with Crippen LogP contribution >= 0.6 is 0 Å². The molecule has 1 aliphatic carbocycles. The number of amides is 1. The second kappa shape index (κ2) is 7.16. The van der Waals surface area contributed by atoms with Crippen molar-refractivity contribution in [3.8, 4) is 0 Å². The smallest absolute Gasteiger partial charge is 0.311 e. The van der Waals surface area contributed by atoms with Gasteiger partial charge in [0.15, 0.2) is 6.10 Å². The monoisotopic (exact) mass is 345 g/mol. The van der Waals surface area contributed by atoms with Crippen molar-refractivity contribution in [3.05, 3.63) is 23.3 Å². The molecule has 0 aromatic carbocycles. The first-order chi connectivity index (χ1) is 12.0. The quantitative estimate of drug-likeness (QED) is 0.820. The van der Waals surface area contributed by atoms with Gasteiger partial charge in [0.1, 0.15) is 6.33 Å². The minimum atomic E-state index is -0.809. The summed E-state index contributed by atoms with van der Waals surface area (Å²) < 4.78 is 6.90. The number of nitrogens with one attached hydrogen (secondary N) is 1. The van der Waals surface area contributed by atoms with E-state index in [0.717, 1.165) is 36.9 Å². The number of hydrogen-bond acceptors (Lipinski definition) is 6. The van der Waals surface area contributed by atoms with E-state index in [0.29, 0.717) is 11.5 Å². The molecule has 0 aliphatic heterocycles. The van der Waals surface area contributed by atoms with Crippen LogP contribution in [0.3, 0.4) is 0 Å². The number of carbonyl (C=O) groups excluding carboxylic acids is 2. The number of rotatable bonds is 5. The largest absolute Gasteiger partial charge is 0.452 e. The molecule has 1 amide bonds. The fourth-order valence-electron chi connectivity index (χ4n) is 3.24. The minimum Gasteiger partial charge on any atom is -0.452 e. The Balaban J connectivity index is 1.63. The van der Waals surface area contributed by atoms with E-state index in [-0.39, 0.29) is 18.4 Å². The number of carbonyl (C=O) groups is 2. The topological polar surface area (TPSA) is 98.5 Å². The van der Waals surface area contributed by atoms with Crippen LogP contribution in [-0.4, -0.2) is 43.6 Å². The Morgan fingerprint density at radius 3 is 2.80 bits per heavy atom.